The summed E-state index contributed by atoms with van der Waals surface area (Å²) in [6, 6.07) is 5.05. The molecule has 1 aromatic carbocycles. The third kappa shape index (κ3) is 4.73. The lowest BCUT2D eigenvalue weighted by molar-refractivity contribution is 0.102. The lowest BCUT2D eigenvalue weighted by Gasteiger charge is -2.30. The van der Waals surface area contributed by atoms with E-state index in [1.165, 1.54) is 6.07 Å². The molecule has 0 spiro atoms. The molecule has 4 aromatic rings. The van der Waals surface area contributed by atoms with E-state index < -0.39 is 11.7 Å². The molecule has 0 saturated carbocycles. The Morgan fingerprint density at radius 3 is 2.83 bits per heavy atom. The van der Waals surface area contributed by atoms with Gasteiger partial charge >= 0.3 is 6.01 Å². The van der Waals surface area contributed by atoms with Crippen LogP contribution in [0.1, 0.15) is 16.1 Å². The number of anilines is 2. The van der Waals surface area contributed by atoms with E-state index in [1.807, 2.05) is 6.07 Å². The molecule has 11 heteroatoms. The molecule has 3 aromatic heterocycles. The highest BCUT2D eigenvalue weighted by Gasteiger charge is 2.20. The van der Waals surface area contributed by atoms with Crippen LogP contribution in [0.25, 0.3) is 16.6 Å². The molecule has 2 N–H and O–H groups in total. The summed E-state index contributed by atoms with van der Waals surface area (Å²) in [4.78, 5) is 28.6. The predicted octanol–water partition coefficient (Wildman–Crippen LogP) is 2.41. The summed E-state index contributed by atoms with van der Waals surface area (Å²) < 4.78 is 26.7. The molecule has 5 rings (SSSR count). The Kier molecular flexibility index (Phi) is 6.43. The van der Waals surface area contributed by atoms with Gasteiger partial charge in [0, 0.05) is 69.0 Å². The van der Waals surface area contributed by atoms with E-state index in [-0.39, 0.29) is 18.3 Å². The van der Waals surface area contributed by atoms with Gasteiger partial charge in [-0.25, -0.2) is 14.4 Å². The van der Waals surface area contributed by atoms with Crippen molar-refractivity contribution >= 4 is 33.8 Å². The molecule has 10 nitrogen and oxygen atoms in total. The Morgan fingerprint density at radius 1 is 1.20 bits per heavy atom. The molecule has 1 aliphatic heterocycles. The summed E-state index contributed by atoms with van der Waals surface area (Å²) in [5.74, 6) is -0.940. The number of halogens is 1. The zero-order valence-electron chi connectivity index (χ0n) is 19.5. The maximum Gasteiger partial charge on any atom is 0.317 e. The molecule has 1 amide bonds. The van der Waals surface area contributed by atoms with Crippen molar-refractivity contribution in [2.24, 2.45) is 0 Å². The third-order valence-electron chi connectivity index (χ3n) is 5.81. The first-order chi connectivity index (χ1) is 17.0. The number of imidazole rings is 1. The lowest BCUT2D eigenvalue weighted by Crippen LogP contribution is -2.43. The molecule has 1 saturated heterocycles. The second-order valence-electron chi connectivity index (χ2n) is 8.27. The lowest BCUT2D eigenvalue weighted by atomic mass is 10.1. The van der Waals surface area contributed by atoms with Gasteiger partial charge in [-0.15, -0.1) is 0 Å². The number of aromatic nitrogens is 4. The van der Waals surface area contributed by atoms with E-state index in [2.05, 4.69) is 30.5 Å². The smallest absolute Gasteiger partial charge is 0.317 e. The van der Waals surface area contributed by atoms with Gasteiger partial charge in [-0.1, -0.05) is 0 Å². The second kappa shape index (κ2) is 9.80. The normalized spacial score (nSPS) is 14.0. The Bertz CT molecular complexity index is 1380. The molecule has 4 heterocycles. The number of benzene rings is 1. The molecule has 1 aliphatic rings. The maximum absolute atomic E-state index is 14.5. The van der Waals surface area contributed by atoms with Gasteiger partial charge < -0.3 is 29.4 Å². The number of hydrogen-bond acceptors (Lipinski definition) is 8. The molecular weight excluding hydrogens is 453 g/mol. The van der Waals surface area contributed by atoms with Crippen molar-refractivity contribution in [1.82, 2.24) is 24.7 Å². The summed E-state index contributed by atoms with van der Waals surface area (Å²) in [5.41, 5.74) is 2.93. The van der Waals surface area contributed by atoms with Crippen molar-refractivity contribution in [2.45, 2.75) is 6.92 Å². The number of ether oxygens (including phenoxy) is 2. The van der Waals surface area contributed by atoms with Gasteiger partial charge in [-0.3, -0.25) is 4.79 Å². The average molecular weight is 480 g/mol. The molecule has 0 atom stereocenters. The highest BCUT2D eigenvalue weighted by Crippen LogP contribution is 2.30. The number of rotatable bonds is 7. The van der Waals surface area contributed by atoms with Crippen LogP contribution in [0.5, 0.6) is 6.01 Å². The fourth-order valence-electron chi connectivity index (χ4n) is 4.19. The topological polar surface area (TPSA) is 106 Å². The van der Waals surface area contributed by atoms with Crippen LogP contribution in [0.4, 0.5) is 15.8 Å². The number of methoxy groups -OCH3 is 1. The summed E-state index contributed by atoms with van der Waals surface area (Å²) in [7, 11) is 1.58. The second-order valence-corrected chi connectivity index (χ2v) is 8.27. The molecule has 0 unspecified atom stereocenters. The molecule has 0 radical (unpaired) electrons. The van der Waals surface area contributed by atoms with Gasteiger partial charge in [0.1, 0.15) is 6.61 Å². The van der Waals surface area contributed by atoms with Crippen LogP contribution in [-0.2, 0) is 4.74 Å². The van der Waals surface area contributed by atoms with Crippen molar-refractivity contribution in [2.75, 3.05) is 56.7 Å². The molecule has 0 aliphatic carbocycles. The SMILES string of the molecule is COCCOc1ncc2c(N3CCNCC3)ccc(C(=O)Nc3cc(F)c4nc(C)cn4c3)c2n1. The number of piperazine rings is 1. The van der Waals surface area contributed by atoms with Gasteiger partial charge in [-0.2, -0.15) is 4.98 Å². The monoisotopic (exact) mass is 479 g/mol. The molecule has 35 heavy (non-hydrogen) atoms. The van der Waals surface area contributed by atoms with Gasteiger partial charge in [-0.05, 0) is 19.1 Å². The highest BCUT2D eigenvalue weighted by atomic mass is 19.1. The van der Waals surface area contributed by atoms with Crippen LogP contribution >= 0.6 is 0 Å². The van der Waals surface area contributed by atoms with E-state index in [1.54, 1.807) is 43.1 Å². The Hall–Kier alpha value is -3.83. The van der Waals surface area contributed by atoms with Gasteiger partial charge in [0.15, 0.2) is 11.5 Å². The van der Waals surface area contributed by atoms with Gasteiger partial charge in [0.05, 0.1) is 29.1 Å². The number of carbonyl (C=O) groups excluding carboxylic acids is 1. The number of pyridine rings is 1. The van der Waals surface area contributed by atoms with Crippen molar-refractivity contribution in [3.05, 3.63) is 53.9 Å². The van der Waals surface area contributed by atoms with E-state index in [9.17, 15) is 9.18 Å². The fourth-order valence-corrected chi connectivity index (χ4v) is 4.19. The largest absolute Gasteiger partial charge is 0.461 e. The van der Waals surface area contributed by atoms with Gasteiger partial charge in [0.2, 0.25) is 0 Å². The van der Waals surface area contributed by atoms with Crippen LogP contribution in [0, 0.1) is 12.7 Å². The fraction of sp³-hybridized carbons (Fsp3) is 0.333. The Labute approximate surface area is 201 Å². The zero-order valence-corrected chi connectivity index (χ0v) is 19.5. The summed E-state index contributed by atoms with van der Waals surface area (Å²) in [5, 5.41) is 6.87. The van der Waals surface area contributed by atoms with E-state index in [4.69, 9.17) is 9.47 Å². The number of fused-ring (bicyclic) bond motifs is 2. The number of carbonyl (C=O) groups is 1. The van der Waals surface area contributed by atoms with Crippen LogP contribution in [0.3, 0.4) is 0 Å². The highest BCUT2D eigenvalue weighted by molar-refractivity contribution is 6.13. The first-order valence-corrected chi connectivity index (χ1v) is 11.4. The molecular formula is C24H26FN7O3. The van der Waals surface area contributed by atoms with Crippen LogP contribution < -0.4 is 20.3 Å². The summed E-state index contributed by atoms with van der Waals surface area (Å²) in [6.45, 7) is 5.84. The van der Waals surface area contributed by atoms with E-state index >= 15 is 0 Å². The maximum atomic E-state index is 14.5. The predicted molar refractivity (Wildman–Crippen MR) is 130 cm³/mol. The average Bonchev–Trinajstić information content (AvgIpc) is 3.24. The minimum Gasteiger partial charge on any atom is -0.461 e. The van der Waals surface area contributed by atoms with Crippen LogP contribution in [0.2, 0.25) is 0 Å². The van der Waals surface area contributed by atoms with E-state index in [0.29, 0.717) is 29.1 Å². The summed E-state index contributed by atoms with van der Waals surface area (Å²) in [6.07, 6.45) is 5.00. The molecule has 0 bridgehead atoms. The zero-order chi connectivity index (χ0) is 24.4. The first kappa shape index (κ1) is 22.9. The van der Waals surface area contributed by atoms with E-state index in [0.717, 1.165) is 37.3 Å². The van der Waals surface area contributed by atoms with Crippen molar-refractivity contribution in [3.63, 3.8) is 0 Å². The summed E-state index contributed by atoms with van der Waals surface area (Å²) >= 11 is 0. The Balaban J connectivity index is 1.52. The van der Waals surface area contributed by atoms with Crippen molar-refractivity contribution < 1.29 is 18.7 Å². The molecule has 1 fully saturated rings. The number of amides is 1. The van der Waals surface area contributed by atoms with Crippen molar-refractivity contribution in [1.29, 1.82) is 0 Å². The number of aryl methyl sites for hydroxylation is 1. The standard InChI is InChI=1S/C24H26FN7O3/c1-15-13-32-14-16(11-19(25)22(32)28-15)29-23(33)17-3-4-20(31-7-5-26-6-8-31)18-12-27-24(30-21(17)18)35-10-9-34-2/h3-4,11-14,26H,5-10H2,1-2H3,(H,29,33). The molecule has 182 valence electrons. The first-order valence-electron chi connectivity index (χ1n) is 11.4. The van der Waals surface area contributed by atoms with Crippen molar-refractivity contribution in [3.8, 4) is 6.01 Å². The minimum absolute atomic E-state index is 0.155. The number of nitrogens with one attached hydrogen (secondary N) is 2. The van der Waals surface area contributed by atoms with Crippen LogP contribution in [0.15, 0.2) is 36.8 Å². The van der Waals surface area contributed by atoms with Crippen LogP contribution in [-0.4, -0.2) is 71.8 Å². The minimum atomic E-state index is -0.522. The number of hydrogen-bond donors (Lipinski definition) is 2. The third-order valence-corrected chi connectivity index (χ3v) is 5.81. The number of nitrogens with zero attached hydrogens (tertiary/aromatic N) is 5. The quantitative estimate of drug-likeness (QED) is 0.390. The Morgan fingerprint density at radius 2 is 2.03 bits per heavy atom. The van der Waals surface area contributed by atoms with Gasteiger partial charge in [0.25, 0.3) is 5.91 Å².